The third kappa shape index (κ3) is 5.13. The maximum atomic E-state index is 12.7. The second-order valence-corrected chi connectivity index (χ2v) is 10.0. The summed E-state index contributed by atoms with van der Waals surface area (Å²) in [7, 11) is -3.51. The Balaban J connectivity index is 2.04. The number of amides is 2. The number of nitrogens with zero attached hydrogens (tertiary/aromatic N) is 1. The van der Waals surface area contributed by atoms with Crippen molar-refractivity contribution in [3.8, 4) is 0 Å². The Bertz CT molecular complexity index is 601. The van der Waals surface area contributed by atoms with Gasteiger partial charge in [0.05, 0.1) is 12.1 Å². The molecule has 0 aromatic heterocycles. The number of hydrogen-bond acceptors (Lipinski definition) is 4. The van der Waals surface area contributed by atoms with E-state index in [1.165, 1.54) is 6.55 Å². The first kappa shape index (κ1) is 19.6. The molecule has 0 unspecified atom stereocenters. The van der Waals surface area contributed by atoms with E-state index in [4.69, 9.17) is 0 Å². The van der Waals surface area contributed by atoms with E-state index in [1.54, 1.807) is 4.90 Å². The van der Waals surface area contributed by atoms with Gasteiger partial charge in [0, 0.05) is 6.54 Å². The number of rotatable bonds is 6. The zero-order valence-corrected chi connectivity index (χ0v) is 16.1. The third-order valence-corrected chi connectivity index (χ3v) is 6.62. The van der Waals surface area contributed by atoms with Gasteiger partial charge in [-0.15, -0.1) is 0 Å². The third-order valence-electron chi connectivity index (χ3n) is 4.63. The summed E-state index contributed by atoms with van der Waals surface area (Å²) < 4.78 is 0. The van der Waals surface area contributed by atoms with Gasteiger partial charge in [0.1, 0.15) is 6.04 Å². The van der Waals surface area contributed by atoms with Crippen LogP contribution < -0.4 is 5.32 Å². The van der Waals surface area contributed by atoms with Crippen molar-refractivity contribution in [1.82, 2.24) is 10.2 Å². The maximum Gasteiger partial charge on any atom is 0.352 e. The van der Waals surface area contributed by atoms with Crippen molar-refractivity contribution in [3.63, 3.8) is 0 Å². The first-order chi connectivity index (χ1) is 11.7. The first-order valence-corrected chi connectivity index (χ1v) is 11.3. The van der Waals surface area contributed by atoms with Crippen LogP contribution in [0.1, 0.15) is 32.3 Å². The van der Waals surface area contributed by atoms with E-state index in [-0.39, 0.29) is 24.2 Å². The van der Waals surface area contributed by atoms with Crippen molar-refractivity contribution in [2.75, 3.05) is 6.54 Å². The highest BCUT2D eigenvalue weighted by atomic mass is 28.4. The molecule has 7 heteroatoms. The Morgan fingerprint density at radius 1 is 1.28 bits per heavy atom. The topological polar surface area (TPSA) is 89.9 Å². The molecule has 1 heterocycles. The summed E-state index contributed by atoms with van der Waals surface area (Å²) in [5.74, 6) is -0.456. The monoisotopic (exact) mass is 364 g/mol. The van der Waals surface area contributed by atoms with E-state index >= 15 is 0 Å². The quantitative estimate of drug-likeness (QED) is 0.656. The molecule has 0 spiro atoms. The van der Waals surface area contributed by atoms with Gasteiger partial charge >= 0.3 is 8.56 Å². The van der Waals surface area contributed by atoms with E-state index in [0.29, 0.717) is 13.0 Å². The predicted octanol–water partition coefficient (Wildman–Crippen LogP) is 0.957. The van der Waals surface area contributed by atoms with Gasteiger partial charge < -0.3 is 19.8 Å². The first-order valence-electron chi connectivity index (χ1n) is 8.78. The van der Waals surface area contributed by atoms with Crippen LogP contribution in [0.25, 0.3) is 0 Å². The van der Waals surface area contributed by atoms with Crippen LogP contribution in [0.15, 0.2) is 30.3 Å². The van der Waals surface area contributed by atoms with E-state index in [2.05, 4.69) is 5.32 Å². The zero-order chi connectivity index (χ0) is 18.6. The molecule has 2 rings (SSSR count). The molecule has 0 radical (unpaired) electrons. The van der Waals surface area contributed by atoms with Crippen molar-refractivity contribution in [1.29, 1.82) is 0 Å². The molecule has 0 bridgehead atoms. The summed E-state index contributed by atoms with van der Waals surface area (Å²) in [5, 5.41) is 2.78. The Labute approximate surface area is 150 Å². The van der Waals surface area contributed by atoms with Crippen LogP contribution in [0.3, 0.4) is 0 Å². The molecule has 25 heavy (non-hydrogen) atoms. The minimum atomic E-state index is -3.51. The SMILES string of the molecule is CC(C)[C@H](NC(=O)[C@@H]1CCCN1C(=O)Cc1ccccc1)[Si](C)(O)O. The average molecular weight is 365 g/mol. The number of carbonyl (C=O) groups is 2. The fraction of sp³-hybridized carbons (Fsp3) is 0.556. The van der Waals surface area contributed by atoms with Crippen LogP contribution in [0, 0.1) is 5.92 Å². The van der Waals surface area contributed by atoms with Crippen molar-refractivity contribution >= 4 is 20.4 Å². The van der Waals surface area contributed by atoms with Gasteiger partial charge in [0.25, 0.3) is 0 Å². The number of benzene rings is 1. The number of hydrogen-bond donors (Lipinski definition) is 3. The molecule has 6 nitrogen and oxygen atoms in total. The Morgan fingerprint density at radius 2 is 1.92 bits per heavy atom. The smallest absolute Gasteiger partial charge is 0.352 e. The lowest BCUT2D eigenvalue weighted by Crippen LogP contribution is -2.60. The molecule has 1 fully saturated rings. The summed E-state index contributed by atoms with van der Waals surface area (Å²) in [5.41, 5.74) is 0.260. The normalized spacial score (nSPS) is 19.1. The van der Waals surface area contributed by atoms with Crippen LogP contribution in [-0.2, 0) is 16.0 Å². The summed E-state index contributed by atoms with van der Waals surface area (Å²) in [6.07, 6.45) is 1.65. The van der Waals surface area contributed by atoms with Crippen LogP contribution in [0.5, 0.6) is 0 Å². The minimum absolute atomic E-state index is 0.0713. The van der Waals surface area contributed by atoms with Crippen molar-refractivity contribution in [3.05, 3.63) is 35.9 Å². The predicted molar refractivity (Wildman–Crippen MR) is 97.7 cm³/mol. The summed E-state index contributed by atoms with van der Waals surface area (Å²) in [6, 6.07) is 8.93. The summed E-state index contributed by atoms with van der Waals surface area (Å²) in [4.78, 5) is 46.9. The Kier molecular flexibility index (Phi) is 6.37. The van der Waals surface area contributed by atoms with Gasteiger partial charge in [-0.1, -0.05) is 44.2 Å². The van der Waals surface area contributed by atoms with E-state index in [1.807, 2.05) is 44.2 Å². The fourth-order valence-corrected chi connectivity index (χ4v) is 5.07. The molecule has 1 aromatic carbocycles. The van der Waals surface area contributed by atoms with Gasteiger partial charge in [-0.25, -0.2) is 0 Å². The molecule has 2 atom stereocenters. The summed E-state index contributed by atoms with van der Waals surface area (Å²) in [6.45, 7) is 5.64. The van der Waals surface area contributed by atoms with E-state index in [9.17, 15) is 19.2 Å². The van der Waals surface area contributed by atoms with E-state index in [0.717, 1.165) is 12.0 Å². The largest absolute Gasteiger partial charge is 0.410 e. The van der Waals surface area contributed by atoms with Gasteiger partial charge in [-0.3, -0.25) is 9.59 Å². The number of nitrogens with one attached hydrogen (secondary N) is 1. The second-order valence-electron chi connectivity index (χ2n) is 7.23. The lowest BCUT2D eigenvalue weighted by molar-refractivity contribution is -0.138. The van der Waals surface area contributed by atoms with E-state index < -0.39 is 20.3 Å². The molecule has 0 aliphatic carbocycles. The molecule has 1 aliphatic rings. The van der Waals surface area contributed by atoms with Gasteiger partial charge in [-0.2, -0.15) is 0 Å². The standard InChI is InChI=1S/C18H28N2O4Si/c1-13(2)18(25(3,23)24)19-17(22)15-10-7-11-20(15)16(21)12-14-8-5-4-6-9-14/h4-6,8-9,13,15,18,23-24H,7,10-12H2,1-3H3,(H,19,22)/t15-,18+/m0/s1. The molecule has 0 saturated carbocycles. The van der Waals surface area contributed by atoms with Crippen LogP contribution >= 0.6 is 0 Å². The summed E-state index contributed by atoms with van der Waals surface area (Å²) >= 11 is 0. The second kappa shape index (κ2) is 8.12. The van der Waals surface area contributed by atoms with Crippen LogP contribution in [0.4, 0.5) is 0 Å². The van der Waals surface area contributed by atoms with Crippen LogP contribution in [-0.4, -0.2) is 53.1 Å². The molecular formula is C18H28N2O4Si. The highest BCUT2D eigenvalue weighted by Gasteiger charge is 2.41. The van der Waals surface area contributed by atoms with Gasteiger partial charge in [0.15, 0.2) is 0 Å². The number of likely N-dealkylation sites (tertiary alicyclic amines) is 1. The van der Waals surface area contributed by atoms with Gasteiger partial charge in [-0.05, 0) is 30.9 Å². The molecule has 1 aliphatic heterocycles. The zero-order valence-electron chi connectivity index (χ0n) is 15.1. The number of carbonyl (C=O) groups excluding carboxylic acids is 2. The minimum Gasteiger partial charge on any atom is -0.410 e. The molecular weight excluding hydrogens is 336 g/mol. The molecule has 1 aromatic rings. The fourth-order valence-electron chi connectivity index (χ4n) is 3.39. The molecule has 3 N–H and O–H groups in total. The highest BCUT2D eigenvalue weighted by Crippen LogP contribution is 2.20. The molecule has 2 amide bonds. The van der Waals surface area contributed by atoms with Gasteiger partial charge in [0.2, 0.25) is 11.8 Å². The Hall–Kier alpha value is -1.70. The van der Waals surface area contributed by atoms with Crippen molar-refractivity contribution < 1.29 is 19.2 Å². The lowest BCUT2D eigenvalue weighted by atomic mass is 10.1. The Morgan fingerprint density at radius 3 is 2.48 bits per heavy atom. The average Bonchev–Trinajstić information content (AvgIpc) is 3.01. The highest BCUT2D eigenvalue weighted by molar-refractivity contribution is 6.65. The van der Waals surface area contributed by atoms with Crippen molar-refractivity contribution in [2.45, 2.75) is 51.4 Å². The maximum absolute atomic E-state index is 12.7. The van der Waals surface area contributed by atoms with Crippen LogP contribution in [0.2, 0.25) is 6.55 Å². The molecule has 1 saturated heterocycles. The van der Waals surface area contributed by atoms with Crippen molar-refractivity contribution in [2.24, 2.45) is 5.92 Å². The molecule has 138 valence electrons. The lowest BCUT2D eigenvalue weighted by Gasteiger charge is -2.32.